The summed E-state index contributed by atoms with van der Waals surface area (Å²) in [6.45, 7) is 0.118. The Morgan fingerprint density at radius 2 is 2.09 bits per heavy atom. The zero-order chi connectivity index (χ0) is 16.1. The van der Waals surface area contributed by atoms with Gasteiger partial charge in [-0.25, -0.2) is 4.79 Å². The predicted molar refractivity (Wildman–Crippen MR) is 78.2 cm³/mol. The number of rotatable bonds is 6. The highest BCUT2D eigenvalue weighted by Gasteiger charge is 2.18. The van der Waals surface area contributed by atoms with Crippen molar-refractivity contribution in [3.8, 4) is 5.75 Å². The number of carbonyl (C=O) groups is 3. The van der Waals surface area contributed by atoms with E-state index in [0.717, 1.165) is 0 Å². The number of carbonyl (C=O) groups excluding carboxylic acids is 3. The average molecular weight is 322 g/mol. The number of hydrogen-bond acceptors (Lipinski definition) is 5. The van der Waals surface area contributed by atoms with Crippen LogP contribution >= 0.6 is 11.6 Å². The first-order valence-corrected chi connectivity index (χ1v) is 6.60. The zero-order valence-electron chi connectivity index (χ0n) is 11.6. The summed E-state index contributed by atoms with van der Waals surface area (Å²) < 4.78 is 10.7. The summed E-state index contributed by atoms with van der Waals surface area (Å²) in [5.41, 5.74) is 0.518. The molecule has 0 atom stereocenters. The molecule has 0 spiro atoms. The van der Waals surface area contributed by atoms with Gasteiger partial charge in [-0.15, -0.1) is 0 Å². The van der Waals surface area contributed by atoms with Crippen LogP contribution in [0.15, 0.2) is 36.5 Å². The maximum absolute atomic E-state index is 12.3. The number of ketones is 1. The monoisotopic (exact) mass is 321 g/mol. The van der Waals surface area contributed by atoms with Crippen LogP contribution in [0.25, 0.3) is 0 Å². The Kier molecular flexibility index (Phi) is 4.95. The lowest BCUT2D eigenvalue weighted by Gasteiger charge is -2.07. The van der Waals surface area contributed by atoms with E-state index in [1.54, 1.807) is 18.2 Å². The number of halogens is 1. The maximum atomic E-state index is 12.3. The first-order valence-electron chi connectivity index (χ1n) is 6.22. The number of Topliss-reactive ketones (excluding diaryl/α,β-unsaturated/α-hetero) is 1. The smallest absolute Gasteiger partial charge is 0.354 e. The van der Waals surface area contributed by atoms with Gasteiger partial charge in [0.15, 0.2) is 5.78 Å². The Bertz CT molecular complexity index is 722. The van der Waals surface area contributed by atoms with Gasteiger partial charge in [0.25, 0.3) is 6.47 Å². The van der Waals surface area contributed by atoms with Crippen molar-refractivity contribution in [2.45, 2.75) is 6.54 Å². The molecule has 1 aromatic carbocycles. The number of ether oxygens (including phenoxy) is 2. The molecule has 1 heterocycles. The van der Waals surface area contributed by atoms with Crippen molar-refractivity contribution in [1.29, 1.82) is 0 Å². The fraction of sp³-hybridized carbons (Fsp3) is 0.133. The molecule has 0 aliphatic carbocycles. The summed E-state index contributed by atoms with van der Waals surface area (Å²) in [5, 5.41) is 0.441. The molecule has 0 unspecified atom stereocenters. The van der Waals surface area contributed by atoms with Crippen LogP contribution in [0.4, 0.5) is 0 Å². The van der Waals surface area contributed by atoms with Gasteiger partial charge < -0.3 is 14.0 Å². The molecular weight excluding hydrogens is 310 g/mol. The number of hydrogen-bond donors (Lipinski definition) is 0. The molecule has 0 N–H and O–H groups in total. The lowest BCUT2D eigenvalue weighted by molar-refractivity contribution is -0.120. The van der Waals surface area contributed by atoms with Gasteiger partial charge in [0.2, 0.25) is 0 Å². The van der Waals surface area contributed by atoms with Crippen LogP contribution < -0.4 is 4.74 Å². The van der Waals surface area contributed by atoms with Gasteiger partial charge in [0, 0.05) is 22.8 Å². The van der Waals surface area contributed by atoms with E-state index in [0.29, 0.717) is 10.6 Å². The van der Waals surface area contributed by atoms with Crippen LogP contribution in [0.1, 0.15) is 20.8 Å². The number of esters is 1. The highest BCUT2D eigenvalue weighted by Crippen LogP contribution is 2.19. The zero-order valence-corrected chi connectivity index (χ0v) is 12.4. The van der Waals surface area contributed by atoms with Crippen molar-refractivity contribution in [3.63, 3.8) is 0 Å². The molecule has 2 aromatic rings. The lowest BCUT2D eigenvalue weighted by Crippen LogP contribution is -2.15. The Balaban J connectivity index is 2.29. The maximum Gasteiger partial charge on any atom is 0.354 e. The predicted octanol–water partition coefficient (Wildman–Crippen LogP) is 2.35. The van der Waals surface area contributed by atoms with Crippen LogP contribution in [0, 0.1) is 0 Å². The minimum atomic E-state index is -0.639. The van der Waals surface area contributed by atoms with Gasteiger partial charge in [-0.2, -0.15) is 0 Å². The van der Waals surface area contributed by atoms with Crippen LogP contribution in [0.5, 0.6) is 5.75 Å². The molecule has 22 heavy (non-hydrogen) atoms. The van der Waals surface area contributed by atoms with E-state index < -0.39 is 5.97 Å². The Labute approximate surface area is 131 Å². The van der Waals surface area contributed by atoms with E-state index in [9.17, 15) is 14.4 Å². The summed E-state index contributed by atoms with van der Waals surface area (Å²) in [4.78, 5) is 34.3. The topological polar surface area (TPSA) is 74.6 Å². The fourth-order valence-electron chi connectivity index (χ4n) is 1.92. The van der Waals surface area contributed by atoms with E-state index in [1.807, 2.05) is 0 Å². The van der Waals surface area contributed by atoms with Crippen molar-refractivity contribution >= 4 is 29.8 Å². The Hall–Kier alpha value is -2.60. The lowest BCUT2D eigenvalue weighted by atomic mass is 10.1. The van der Waals surface area contributed by atoms with E-state index in [2.05, 4.69) is 9.47 Å². The minimum absolute atomic E-state index is 0.106. The number of aromatic nitrogens is 1. The van der Waals surface area contributed by atoms with E-state index in [-0.39, 0.29) is 30.2 Å². The first-order chi connectivity index (χ1) is 10.5. The Morgan fingerprint density at radius 1 is 1.32 bits per heavy atom. The molecule has 0 amide bonds. The molecule has 0 aliphatic rings. The Morgan fingerprint density at radius 3 is 2.73 bits per heavy atom. The summed E-state index contributed by atoms with van der Waals surface area (Å²) >= 11 is 5.85. The summed E-state index contributed by atoms with van der Waals surface area (Å²) in [7, 11) is 1.22. The van der Waals surface area contributed by atoms with Gasteiger partial charge >= 0.3 is 5.97 Å². The van der Waals surface area contributed by atoms with Gasteiger partial charge in [-0.3, -0.25) is 9.59 Å². The van der Waals surface area contributed by atoms with Gasteiger partial charge in [0.05, 0.1) is 13.7 Å². The molecule has 7 heteroatoms. The van der Waals surface area contributed by atoms with Crippen molar-refractivity contribution in [1.82, 2.24) is 4.57 Å². The molecule has 0 radical (unpaired) electrons. The van der Waals surface area contributed by atoms with E-state index in [4.69, 9.17) is 11.6 Å². The number of methoxy groups -OCH3 is 1. The molecule has 0 aliphatic heterocycles. The molecular formula is C15H12ClNO5. The summed E-state index contributed by atoms with van der Waals surface area (Å²) in [5.74, 6) is -0.741. The second-order valence-electron chi connectivity index (χ2n) is 4.33. The molecule has 0 saturated carbocycles. The van der Waals surface area contributed by atoms with Crippen LogP contribution in [0.3, 0.4) is 0 Å². The van der Waals surface area contributed by atoms with Crippen molar-refractivity contribution in [2.75, 3.05) is 7.11 Å². The molecule has 0 saturated heterocycles. The largest absolute Gasteiger partial charge is 0.464 e. The molecule has 0 fully saturated rings. The van der Waals surface area contributed by atoms with Gasteiger partial charge in [0.1, 0.15) is 11.4 Å². The molecule has 1 aromatic heterocycles. The second-order valence-corrected chi connectivity index (χ2v) is 4.76. The van der Waals surface area contributed by atoms with E-state index >= 15 is 0 Å². The van der Waals surface area contributed by atoms with Crippen LogP contribution in [0.2, 0.25) is 5.02 Å². The third-order valence-electron chi connectivity index (χ3n) is 2.91. The quantitative estimate of drug-likeness (QED) is 0.464. The molecule has 6 nitrogen and oxygen atoms in total. The second kappa shape index (κ2) is 6.91. The summed E-state index contributed by atoms with van der Waals surface area (Å²) in [6.07, 6.45) is 1.38. The third-order valence-corrected chi connectivity index (χ3v) is 3.15. The normalized spacial score (nSPS) is 10.1. The fourth-order valence-corrected chi connectivity index (χ4v) is 2.11. The van der Waals surface area contributed by atoms with Gasteiger partial charge in [-0.05, 0) is 12.1 Å². The number of nitrogens with zero attached hydrogens (tertiary/aromatic N) is 1. The molecule has 0 bridgehead atoms. The standard InChI is InChI=1S/C15H12ClNO5/c1-21-15(20)13-6-12(22-9-18)7-17(13)8-14(19)10-3-2-4-11(16)5-10/h2-7,9H,8H2,1H3. The number of benzene rings is 1. The molecule has 2 rings (SSSR count). The van der Waals surface area contributed by atoms with Crippen molar-refractivity contribution in [2.24, 2.45) is 0 Å². The van der Waals surface area contributed by atoms with Crippen LogP contribution in [-0.2, 0) is 16.1 Å². The van der Waals surface area contributed by atoms with Gasteiger partial charge in [-0.1, -0.05) is 23.7 Å². The SMILES string of the molecule is COC(=O)c1cc(OC=O)cn1CC(=O)c1cccc(Cl)c1. The average Bonchev–Trinajstić information content (AvgIpc) is 2.89. The summed E-state index contributed by atoms with van der Waals surface area (Å²) in [6, 6.07) is 7.80. The first kappa shape index (κ1) is 15.8. The third kappa shape index (κ3) is 3.53. The van der Waals surface area contributed by atoms with Crippen molar-refractivity contribution < 1.29 is 23.9 Å². The highest BCUT2D eigenvalue weighted by molar-refractivity contribution is 6.31. The van der Waals surface area contributed by atoms with Crippen LogP contribution in [-0.4, -0.2) is 29.9 Å². The minimum Gasteiger partial charge on any atom is -0.464 e. The highest BCUT2D eigenvalue weighted by atomic mass is 35.5. The van der Waals surface area contributed by atoms with E-state index in [1.165, 1.54) is 30.0 Å². The molecule has 114 valence electrons. The van der Waals surface area contributed by atoms with Crippen molar-refractivity contribution in [3.05, 3.63) is 52.8 Å².